The lowest BCUT2D eigenvalue weighted by Gasteiger charge is -2.02. The Morgan fingerprint density at radius 1 is 1.11 bits per heavy atom. The van der Waals surface area contributed by atoms with Crippen LogP contribution in [0.5, 0.6) is 0 Å². The first kappa shape index (κ1) is 13.0. The third kappa shape index (κ3) is 3.50. The van der Waals surface area contributed by atoms with Gasteiger partial charge in [0.05, 0.1) is 0 Å². The van der Waals surface area contributed by atoms with Crippen molar-refractivity contribution >= 4 is 21.7 Å². The summed E-state index contributed by atoms with van der Waals surface area (Å²) in [6.07, 6.45) is 0.956. The van der Waals surface area contributed by atoms with Crippen LogP contribution in [0.1, 0.15) is 22.3 Å². The third-order valence-electron chi connectivity index (χ3n) is 2.70. The van der Waals surface area contributed by atoms with Crippen molar-refractivity contribution in [1.82, 2.24) is 0 Å². The fourth-order valence-corrected chi connectivity index (χ4v) is 1.99. The predicted octanol–water partition coefficient (Wildman–Crippen LogP) is 4.40. The Morgan fingerprint density at radius 2 is 1.83 bits per heavy atom. The number of Topliss-reactive ketones (excluding diaryl/α,β-unsaturated/α-hetero) is 1. The van der Waals surface area contributed by atoms with Crippen molar-refractivity contribution in [3.8, 4) is 0 Å². The number of halogens is 2. The Balaban J connectivity index is 1.98. The zero-order valence-electron chi connectivity index (χ0n) is 9.70. The van der Waals surface area contributed by atoms with E-state index in [-0.39, 0.29) is 11.6 Å². The summed E-state index contributed by atoms with van der Waals surface area (Å²) in [6, 6.07) is 13.6. The maximum absolute atomic E-state index is 13.0. The van der Waals surface area contributed by atoms with Crippen LogP contribution in [0, 0.1) is 5.82 Å². The van der Waals surface area contributed by atoms with E-state index in [1.807, 2.05) is 18.2 Å². The van der Waals surface area contributed by atoms with Gasteiger partial charge in [-0.1, -0.05) is 40.2 Å². The molecule has 0 aliphatic carbocycles. The lowest BCUT2D eigenvalue weighted by molar-refractivity contribution is 0.0983. The van der Waals surface area contributed by atoms with Crippen LogP contribution in [0.2, 0.25) is 0 Å². The molecule has 92 valence electrons. The van der Waals surface area contributed by atoms with Crippen molar-refractivity contribution < 1.29 is 9.18 Å². The second kappa shape index (κ2) is 5.91. The van der Waals surface area contributed by atoms with Crippen molar-refractivity contribution in [3.63, 3.8) is 0 Å². The van der Waals surface area contributed by atoms with Gasteiger partial charge in [0.25, 0.3) is 0 Å². The van der Waals surface area contributed by atoms with E-state index in [1.54, 1.807) is 18.2 Å². The fourth-order valence-electron chi connectivity index (χ4n) is 1.73. The molecule has 1 nitrogen and oxygen atoms in total. The van der Waals surface area contributed by atoms with Gasteiger partial charge in [0.15, 0.2) is 5.78 Å². The van der Waals surface area contributed by atoms with Crippen LogP contribution in [-0.4, -0.2) is 5.78 Å². The van der Waals surface area contributed by atoms with Gasteiger partial charge in [-0.25, -0.2) is 4.39 Å². The summed E-state index contributed by atoms with van der Waals surface area (Å²) in [4.78, 5) is 11.9. The summed E-state index contributed by atoms with van der Waals surface area (Å²) < 4.78 is 13.9. The molecule has 18 heavy (non-hydrogen) atoms. The first-order valence-electron chi connectivity index (χ1n) is 5.68. The minimum absolute atomic E-state index is 0.0757. The van der Waals surface area contributed by atoms with E-state index in [9.17, 15) is 9.18 Å². The molecule has 2 rings (SSSR count). The first-order valence-corrected chi connectivity index (χ1v) is 6.47. The molecule has 0 N–H and O–H groups in total. The molecule has 0 aliphatic heterocycles. The Kier molecular flexibility index (Phi) is 4.26. The summed E-state index contributed by atoms with van der Waals surface area (Å²) >= 11 is 3.33. The molecule has 3 heteroatoms. The van der Waals surface area contributed by atoms with Gasteiger partial charge in [0, 0.05) is 16.5 Å². The molecule has 0 bridgehead atoms. The van der Waals surface area contributed by atoms with E-state index in [0.29, 0.717) is 18.4 Å². The average Bonchev–Trinajstić information content (AvgIpc) is 2.37. The second-order valence-corrected chi connectivity index (χ2v) is 4.98. The highest BCUT2D eigenvalue weighted by Crippen LogP contribution is 2.13. The Bertz CT molecular complexity index is 549. The highest BCUT2D eigenvalue weighted by Gasteiger charge is 2.06. The monoisotopic (exact) mass is 306 g/mol. The fraction of sp³-hybridized carbons (Fsp3) is 0.133. The molecule has 2 aromatic carbocycles. The van der Waals surface area contributed by atoms with Crippen LogP contribution in [0.25, 0.3) is 0 Å². The predicted molar refractivity (Wildman–Crippen MR) is 73.2 cm³/mol. The lowest BCUT2D eigenvalue weighted by Crippen LogP contribution is -2.01. The molecule has 0 radical (unpaired) electrons. The molecule has 0 fully saturated rings. The molecule has 0 spiro atoms. The van der Waals surface area contributed by atoms with Gasteiger partial charge in [-0.3, -0.25) is 4.79 Å². The van der Waals surface area contributed by atoms with Crippen molar-refractivity contribution in [2.75, 3.05) is 0 Å². The van der Waals surface area contributed by atoms with Crippen molar-refractivity contribution in [2.24, 2.45) is 0 Å². The third-order valence-corrected chi connectivity index (χ3v) is 3.22. The molecule has 0 atom stereocenters. The Hall–Kier alpha value is -1.48. The van der Waals surface area contributed by atoms with E-state index < -0.39 is 0 Å². The topological polar surface area (TPSA) is 17.1 Å². The average molecular weight is 307 g/mol. The zero-order valence-corrected chi connectivity index (χ0v) is 11.3. The van der Waals surface area contributed by atoms with Gasteiger partial charge in [-0.15, -0.1) is 0 Å². The van der Waals surface area contributed by atoms with Crippen LogP contribution in [0.4, 0.5) is 4.39 Å². The molecule has 2 aromatic rings. The quantitative estimate of drug-likeness (QED) is 0.765. The summed E-state index contributed by atoms with van der Waals surface area (Å²) in [6.45, 7) is 0. The number of hydrogen-bond acceptors (Lipinski definition) is 1. The number of benzene rings is 2. The van der Waals surface area contributed by atoms with Gasteiger partial charge in [-0.05, 0) is 36.2 Å². The van der Waals surface area contributed by atoms with Crippen LogP contribution in [0.3, 0.4) is 0 Å². The SMILES string of the molecule is O=C(CCc1cccc(F)c1)c1ccc(Br)cc1. The highest BCUT2D eigenvalue weighted by atomic mass is 79.9. The second-order valence-electron chi connectivity index (χ2n) is 4.06. The maximum atomic E-state index is 13.0. The number of carbonyl (C=O) groups excluding carboxylic acids is 1. The van der Waals surface area contributed by atoms with Gasteiger partial charge in [-0.2, -0.15) is 0 Å². The normalized spacial score (nSPS) is 10.3. The summed E-state index contributed by atoms with van der Waals surface area (Å²) in [5, 5.41) is 0. The molecular formula is C15H12BrFO. The number of rotatable bonds is 4. The molecule has 0 amide bonds. The minimum atomic E-state index is -0.261. The van der Waals surface area contributed by atoms with Gasteiger partial charge in [0.1, 0.15) is 5.82 Å². The van der Waals surface area contributed by atoms with Crippen molar-refractivity contribution in [1.29, 1.82) is 0 Å². The molecule has 0 aliphatic rings. The lowest BCUT2D eigenvalue weighted by atomic mass is 10.0. The summed E-state index contributed by atoms with van der Waals surface area (Å²) in [7, 11) is 0. The molecule has 0 saturated heterocycles. The number of aryl methyl sites for hydroxylation is 1. The Morgan fingerprint density at radius 3 is 2.50 bits per heavy atom. The van der Waals surface area contributed by atoms with E-state index in [4.69, 9.17) is 0 Å². The Labute approximate surface area is 114 Å². The van der Waals surface area contributed by atoms with Crippen LogP contribution >= 0.6 is 15.9 Å². The number of hydrogen-bond donors (Lipinski definition) is 0. The van der Waals surface area contributed by atoms with Gasteiger partial charge < -0.3 is 0 Å². The van der Waals surface area contributed by atoms with Crippen molar-refractivity contribution in [3.05, 3.63) is 69.9 Å². The molecular weight excluding hydrogens is 295 g/mol. The van der Waals surface area contributed by atoms with Crippen molar-refractivity contribution in [2.45, 2.75) is 12.8 Å². The molecule has 0 unspecified atom stereocenters. The minimum Gasteiger partial charge on any atom is -0.294 e. The molecule has 0 aromatic heterocycles. The summed E-state index contributed by atoms with van der Waals surface area (Å²) in [5.41, 5.74) is 1.54. The first-order chi connectivity index (χ1) is 8.65. The molecule has 0 saturated carbocycles. The number of carbonyl (C=O) groups is 1. The van der Waals surface area contributed by atoms with Gasteiger partial charge >= 0.3 is 0 Å². The maximum Gasteiger partial charge on any atom is 0.163 e. The van der Waals surface area contributed by atoms with Crippen LogP contribution in [-0.2, 0) is 6.42 Å². The summed E-state index contributed by atoms with van der Waals surface area (Å²) in [5.74, 6) is -0.185. The van der Waals surface area contributed by atoms with Crippen LogP contribution < -0.4 is 0 Å². The van der Waals surface area contributed by atoms with E-state index in [0.717, 1.165) is 10.0 Å². The number of ketones is 1. The molecule has 0 heterocycles. The highest BCUT2D eigenvalue weighted by molar-refractivity contribution is 9.10. The van der Waals surface area contributed by atoms with Crippen LogP contribution in [0.15, 0.2) is 53.0 Å². The van der Waals surface area contributed by atoms with E-state index >= 15 is 0 Å². The van der Waals surface area contributed by atoms with Gasteiger partial charge in [0.2, 0.25) is 0 Å². The standard InChI is InChI=1S/C15H12BrFO/c16-13-7-5-12(6-8-13)15(18)9-4-11-2-1-3-14(17)10-11/h1-3,5-8,10H,4,9H2. The zero-order chi connectivity index (χ0) is 13.0. The smallest absolute Gasteiger partial charge is 0.163 e. The van der Waals surface area contributed by atoms with E-state index in [2.05, 4.69) is 15.9 Å². The largest absolute Gasteiger partial charge is 0.294 e. The van der Waals surface area contributed by atoms with E-state index in [1.165, 1.54) is 12.1 Å².